The van der Waals surface area contributed by atoms with E-state index in [4.69, 9.17) is 4.74 Å². The van der Waals surface area contributed by atoms with Gasteiger partial charge >= 0.3 is 6.09 Å². The molecule has 0 spiro atoms. The molecule has 0 aromatic heterocycles. The Labute approximate surface area is 120 Å². The summed E-state index contributed by atoms with van der Waals surface area (Å²) in [6.07, 6.45) is 0.777. The fraction of sp³-hybridized carbons (Fsp3) is 0.562. The molecule has 1 aromatic carbocycles. The maximum Gasteiger partial charge on any atom is 0.410 e. The monoisotopic (exact) mass is 274 g/mol. The predicted molar refractivity (Wildman–Crippen MR) is 79.0 cm³/mol. The van der Waals surface area contributed by atoms with Crippen molar-refractivity contribution in [2.75, 3.05) is 18.4 Å². The molecule has 108 valence electrons. The van der Waals surface area contributed by atoms with Crippen LogP contribution < -0.4 is 5.32 Å². The standard InChI is InChI=1S/C16H22N2O2/c1-16(2,3)20-15(19)18-9-8-14-12(10-18)11-6-4-5-7-13(11)17-14/h4-7,12,14,17H,8-10H2,1-3H3/t12-,14-/m0/s1. The lowest BCUT2D eigenvalue weighted by Gasteiger charge is -2.36. The summed E-state index contributed by atoms with van der Waals surface area (Å²) in [4.78, 5) is 14.0. The summed E-state index contributed by atoms with van der Waals surface area (Å²) in [5, 5.41) is 3.57. The fourth-order valence-electron chi connectivity index (χ4n) is 3.08. The van der Waals surface area contributed by atoms with Crippen LogP contribution in [0.5, 0.6) is 0 Å². The van der Waals surface area contributed by atoms with Gasteiger partial charge in [-0.05, 0) is 38.8 Å². The third-order valence-electron chi connectivity index (χ3n) is 3.97. The highest BCUT2D eigenvalue weighted by atomic mass is 16.6. The molecule has 3 rings (SSSR count). The van der Waals surface area contributed by atoms with Crippen LogP contribution in [0.15, 0.2) is 24.3 Å². The highest BCUT2D eigenvalue weighted by Gasteiger charge is 2.38. The van der Waals surface area contributed by atoms with Crippen LogP contribution in [0.1, 0.15) is 38.7 Å². The van der Waals surface area contributed by atoms with Crippen LogP contribution in [0.3, 0.4) is 0 Å². The van der Waals surface area contributed by atoms with Crippen molar-refractivity contribution in [2.24, 2.45) is 0 Å². The maximum atomic E-state index is 12.2. The Bertz CT molecular complexity index is 521. The first-order valence-electron chi connectivity index (χ1n) is 7.27. The minimum Gasteiger partial charge on any atom is -0.444 e. The van der Waals surface area contributed by atoms with Crippen LogP contribution in [0.25, 0.3) is 0 Å². The second-order valence-electron chi connectivity index (χ2n) is 6.66. The first-order chi connectivity index (χ1) is 9.44. The average molecular weight is 274 g/mol. The highest BCUT2D eigenvalue weighted by Crippen LogP contribution is 2.40. The molecule has 0 aliphatic carbocycles. The minimum atomic E-state index is -0.431. The average Bonchev–Trinajstić information content (AvgIpc) is 2.74. The number of carbonyl (C=O) groups excluding carboxylic acids is 1. The van der Waals surface area contributed by atoms with Gasteiger partial charge in [0.15, 0.2) is 0 Å². The third kappa shape index (κ3) is 2.47. The molecule has 2 atom stereocenters. The molecule has 0 saturated carbocycles. The molecule has 20 heavy (non-hydrogen) atoms. The number of hydrogen-bond donors (Lipinski definition) is 1. The largest absolute Gasteiger partial charge is 0.444 e. The topological polar surface area (TPSA) is 41.6 Å². The van der Waals surface area contributed by atoms with Crippen molar-refractivity contribution < 1.29 is 9.53 Å². The van der Waals surface area contributed by atoms with E-state index in [0.717, 1.165) is 19.5 Å². The summed E-state index contributed by atoms with van der Waals surface area (Å²) in [5.74, 6) is 0.382. The predicted octanol–water partition coefficient (Wildman–Crippen LogP) is 3.21. The minimum absolute atomic E-state index is 0.194. The van der Waals surface area contributed by atoms with E-state index in [1.807, 2.05) is 25.7 Å². The number of benzene rings is 1. The quantitative estimate of drug-likeness (QED) is 0.790. The van der Waals surface area contributed by atoms with E-state index in [9.17, 15) is 4.79 Å². The molecule has 2 aliphatic heterocycles. The Morgan fingerprint density at radius 3 is 2.85 bits per heavy atom. The van der Waals surface area contributed by atoms with Gasteiger partial charge in [0.1, 0.15) is 5.60 Å². The molecule has 1 saturated heterocycles. The molecule has 2 heterocycles. The van der Waals surface area contributed by atoms with Crippen molar-refractivity contribution in [1.29, 1.82) is 0 Å². The first-order valence-corrected chi connectivity index (χ1v) is 7.27. The normalized spacial score (nSPS) is 24.6. The lowest BCUT2D eigenvalue weighted by atomic mass is 9.89. The highest BCUT2D eigenvalue weighted by molar-refractivity contribution is 5.69. The number of fused-ring (bicyclic) bond motifs is 3. The van der Waals surface area contributed by atoms with Crippen LogP contribution in [-0.4, -0.2) is 35.7 Å². The van der Waals surface area contributed by atoms with E-state index in [-0.39, 0.29) is 6.09 Å². The molecule has 0 radical (unpaired) electrons. The van der Waals surface area contributed by atoms with E-state index >= 15 is 0 Å². The molecule has 0 unspecified atom stereocenters. The summed E-state index contributed by atoms with van der Waals surface area (Å²) >= 11 is 0. The number of para-hydroxylation sites is 1. The zero-order chi connectivity index (χ0) is 14.3. The Hall–Kier alpha value is -1.71. The van der Waals surface area contributed by atoms with Crippen LogP contribution >= 0.6 is 0 Å². The second kappa shape index (κ2) is 4.69. The van der Waals surface area contributed by atoms with Crippen molar-refractivity contribution >= 4 is 11.8 Å². The molecular weight excluding hydrogens is 252 g/mol. The summed E-state index contributed by atoms with van der Waals surface area (Å²) in [6, 6.07) is 8.84. The molecule has 1 amide bonds. The lowest BCUT2D eigenvalue weighted by molar-refractivity contribution is 0.0195. The molecule has 4 nitrogen and oxygen atoms in total. The van der Waals surface area contributed by atoms with Crippen LogP contribution in [0.2, 0.25) is 0 Å². The van der Waals surface area contributed by atoms with Crippen LogP contribution in [0.4, 0.5) is 10.5 Å². The molecule has 1 N–H and O–H groups in total. The molecule has 0 bridgehead atoms. The van der Waals surface area contributed by atoms with Gasteiger partial charge in [-0.1, -0.05) is 18.2 Å². The number of piperidine rings is 1. The summed E-state index contributed by atoms with van der Waals surface area (Å²) in [6.45, 7) is 7.22. The van der Waals surface area contributed by atoms with E-state index in [1.165, 1.54) is 11.3 Å². The van der Waals surface area contributed by atoms with E-state index in [0.29, 0.717) is 12.0 Å². The van der Waals surface area contributed by atoms with E-state index in [2.05, 4.69) is 29.6 Å². The van der Waals surface area contributed by atoms with Crippen LogP contribution in [0, 0.1) is 0 Å². The number of nitrogens with zero attached hydrogens (tertiary/aromatic N) is 1. The number of likely N-dealkylation sites (tertiary alicyclic amines) is 1. The number of amides is 1. The number of nitrogens with one attached hydrogen (secondary N) is 1. The van der Waals surface area contributed by atoms with Gasteiger partial charge in [-0.3, -0.25) is 0 Å². The number of carbonyl (C=O) groups is 1. The Balaban J connectivity index is 1.73. The van der Waals surface area contributed by atoms with Gasteiger partial charge in [0.2, 0.25) is 0 Å². The summed E-state index contributed by atoms with van der Waals surface area (Å²) in [5.41, 5.74) is 2.11. The van der Waals surface area contributed by atoms with Crippen molar-refractivity contribution in [1.82, 2.24) is 4.90 Å². The van der Waals surface area contributed by atoms with E-state index < -0.39 is 5.60 Å². The number of hydrogen-bond acceptors (Lipinski definition) is 3. The number of anilines is 1. The second-order valence-corrected chi connectivity index (χ2v) is 6.66. The maximum absolute atomic E-state index is 12.2. The van der Waals surface area contributed by atoms with Gasteiger partial charge in [0, 0.05) is 30.7 Å². The van der Waals surface area contributed by atoms with Gasteiger partial charge in [0.25, 0.3) is 0 Å². The van der Waals surface area contributed by atoms with E-state index in [1.54, 1.807) is 0 Å². The van der Waals surface area contributed by atoms with Crippen LogP contribution in [-0.2, 0) is 4.74 Å². The smallest absolute Gasteiger partial charge is 0.410 e. The summed E-state index contributed by atoms with van der Waals surface area (Å²) in [7, 11) is 0. The van der Waals surface area contributed by atoms with Gasteiger partial charge in [-0.25, -0.2) is 4.79 Å². The molecule has 2 aliphatic rings. The molecule has 4 heteroatoms. The molecular formula is C16H22N2O2. The molecule has 1 fully saturated rings. The van der Waals surface area contributed by atoms with Gasteiger partial charge in [-0.2, -0.15) is 0 Å². The third-order valence-corrected chi connectivity index (χ3v) is 3.97. The number of rotatable bonds is 0. The van der Waals surface area contributed by atoms with Gasteiger partial charge in [0.05, 0.1) is 0 Å². The SMILES string of the molecule is CC(C)(C)OC(=O)N1CC[C@@H]2Nc3ccccc3[C@@H]2C1. The zero-order valence-corrected chi connectivity index (χ0v) is 12.3. The van der Waals surface area contributed by atoms with Crippen molar-refractivity contribution in [2.45, 2.75) is 44.8 Å². The van der Waals surface area contributed by atoms with Crippen molar-refractivity contribution in [3.8, 4) is 0 Å². The summed E-state index contributed by atoms with van der Waals surface area (Å²) < 4.78 is 5.48. The number of ether oxygens (including phenoxy) is 1. The Morgan fingerprint density at radius 2 is 2.10 bits per heavy atom. The van der Waals surface area contributed by atoms with Gasteiger partial charge < -0.3 is 15.0 Å². The Morgan fingerprint density at radius 1 is 1.35 bits per heavy atom. The molecule has 1 aromatic rings. The Kier molecular flexibility index (Phi) is 3.11. The van der Waals surface area contributed by atoms with Crippen molar-refractivity contribution in [3.05, 3.63) is 29.8 Å². The first kappa shape index (κ1) is 13.3. The fourth-order valence-corrected chi connectivity index (χ4v) is 3.08. The van der Waals surface area contributed by atoms with Crippen molar-refractivity contribution in [3.63, 3.8) is 0 Å². The zero-order valence-electron chi connectivity index (χ0n) is 12.3. The lowest BCUT2D eigenvalue weighted by Crippen LogP contribution is -2.46. The van der Waals surface area contributed by atoms with Gasteiger partial charge in [-0.15, -0.1) is 0 Å².